The predicted octanol–water partition coefficient (Wildman–Crippen LogP) is 25.0. The fourth-order valence-electron chi connectivity index (χ4n) is 11.0. The van der Waals surface area contributed by atoms with Gasteiger partial charge in [0.25, 0.3) is 0 Å². The van der Waals surface area contributed by atoms with Gasteiger partial charge in [0.1, 0.15) is 19.3 Å². The zero-order valence-corrected chi connectivity index (χ0v) is 69.5. The maximum Gasteiger partial charge on any atom is 0.472 e. The first-order valence-electron chi connectivity index (χ1n) is 42.1. The predicted molar refractivity (Wildman–Crippen MR) is 445 cm³/mol. The normalized spacial score (nSPS) is 14.5. The third-order valence-corrected chi connectivity index (χ3v) is 19.2. The maximum atomic E-state index is 13.1. The van der Waals surface area contributed by atoms with E-state index in [1.54, 1.807) is 0 Å². The second-order valence-corrected chi connectivity index (χ2v) is 30.6. The molecule has 3 N–H and O–H groups in total. The topological polar surface area (TPSA) is 237 Å². The number of rotatable bonds is 78. The third kappa shape index (κ3) is 79.0. The highest BCUT2D eigenvalue weighted by Gasteiger charge is 2.30. The Morgan fingerprint density at radius 2 is 0.481 bits per heavy atom. The molecule has 19 heteroatoms. The lowest BCUT2D eigenvalue weighted by atomic mass is 10.0. The molecule has 0 heterocycles. The molecule has 0 spiro atoms. The van der Waals surface area contributed by atoms with Crippen LogP contribution in [0.1, 0.15) is 336 Å². The van der Waals surface area contributed by atoms with E-state index in [0.717, 1.165) is 173 Å². The molecular formula is C89H150O17P2. The Kier molecular flexibility index (Phi) is 76.3. The van der Waals surface area contributed by atoms with E-state index in [2.05, 4.69) is 174 Å². The Morgan fingerprint density at radius 1 is 0.269 bits per heavy atom. The van der Waals surface area contributed by atoms with Gasteiger partial charge in [0.2, 0.25) is 0 Å². The van der Waals surface area contributed by atoms with Crippen LogP contribution in [0.25, 0.3) is 0 Å². The molecule has 0 saturated carbocycles. The maximum absolute atomic E-state index is 13.1. The van der Waals surface area contributed by atoms with Crippen LogP contribution >= 0.6 is 15.6 Å². The van der Waals surface area contributed by atoms with E-state index >= 15 is 0 Å². The minimum atomic E-state index is -5.00. The number of esters is 4. The van der Waals surface area contributed by atoms with Gasteiger partial charge in [0, 0.05) is 25.7 Å². The number of hydrogen-bond acceptors (Lipinski definition) is 15. The highest BCUT2D eigenvalue weighted by atomic mass is 31.2. The van der Waals surface area contributed by atoms with E-state index in [0.29, 0.717) is 25.7 Å². The summed E-state index contributed by atoms with van der Waals surface area (Å²) in [6.07, 6.45) is 92.4. The quantitative estimate of drug-likeness (QED) is 0.0169. The zero-order valence-electron chi connectivity index (χ0n) is 67.7. The molecular weight excluding hydrogens is 1400 g/mol. The van der Waals surface area contributed by atoms with E-state index in [1.165, 1.54) is 83.5 Å². The van der Waals surface area contributed by atoms with Gasteiger partial charge in [-0.15, -0.1) is 0 Å². The van der Waals surface area contributed by atoms with E-state index < -0.39 is 97.5 Å². The molecule has 0 amide bonds. The molecule has 0 bridgehead atoms. The van der Waals surface area contributed by atoms with Crippen LogP contribution in [-0.4, -0.2) is 96.7 Å². The Morgan fingerprint density at radius 3 is 0.769 bits per heavy atom. The summed E-state index contributed by atoms with van der Waals surface area (Å²) in [5.74, 6) is -2.26. The molecule has 0 aromatic rings. The van der Waals surface area contributed by atoms with Crippen LogP contribution < -0.4 is 0 Å². The van der Waals surface area contributed by atoms with E-state index in [-0.39, 0.29) is 25.7 Å². The summed E-state index contributed by atoms with van der Waals surface area (Å²) in [5, 5.41) is 10.7. The average Bonchev–Trinajstić information content (AvgIpc) is 0.896. The first-order valence-corrected chi connectivity index (χ1v) is 45.1. The molecule has 0 rings (SSSR count). The first-order chi connectivity index (χ1) is 52.7. The average molecular weight is 1550 g/mol. The van der Waals surface area contributed by atoms with E-state index in [1.807, 2.05) is 0 Å². The van der Waals surface area contributed by atoms with Crippen molar-refractivity contribution in [2.75, 3.05) is 39.6 Å². The molecule has 0 aromatic heterocycles. The van der Waals surface area contributed by atoms with Crippen LogP contribution in [0.3, 0.4) is 0 Å². The lowest BCUT2D eigenvalue weighted by molar-refractivity contribution is -0.161. The van der Waals surface area contributed by atoms with Crippen LogP contribution in [0.5, 0.6) is 0 Å². The second kappa shape index (κ2) is 80.0. The number of ether oxygens (including phenoxy) is 4. The summed E-state index contributed by atoms with van der Waals surface area (Å²) in [6.45, 7) is 4.57. The minimum absolute atomic E-state index is 0.0436. The van der Waals surface area contributed by atoms with Crippen molar-refractivity contribution in [3.63, 3.8) is 0 Å². The molecule has 2 unspecified atom stereocenters. The van der Waals surface area contributed by atoms with Gasteiger partial charge in [-0.1, -0.05) is 308 Å². The summed E-state index contributed by atoms with van der Waals surface area (Å²) in [6, 6.07) is 0. The summed E-state index contributed by atoms with van der Waals surface area (Å²) in [4.78, 5) is 73.2. The molecule has 17 nitrogen and oxygen atoms in total. The van der Waals surface area contributed by atoms with E-state index in [4.69, 9.17) is 37.0 Å². The SMILES string of the molecule is CC/C=C\C/C=C\C/C=C\C/C=C\C/C=C\CCCCCC(=O)OC[C@H](COP(=O)(O)OC[C@@H](O)COP(=O)(O)OC[C@@H](COC(=O)CCCCCCC/C=C\C/C=C\CCCCC)OC(=O)CCCCCCCCCCCCCCCCC)OC(=O)CCCCC/C=C\C/C=C\C/C=C\C/C=C\C/C=C\CC. The number of phosphoric ester groups is 2. The number of aliphatic hydroxyl groups excluding tert-OH is 1. The summed E-state index contributed by atoms with van der Waals surface area (Å²) < 4.78 is 68.7. The highest BCUT2D eigenvalue weighted by molar-refractivity contribution is 7.47. The standard InChI is InChI=1S/C89H150O17P2/c1-5-9-13-17-21-25-29-33-37-39-41-43-47-50-54-58-62-66-70-74-87(92)100-80-85(106-89(94)76-72-68-64-60-56-52-48-44-42-40-38-34-30-26-22-18-14-10-6-2)82-104-108(97,98)102-78-83(90)77-101-107(95,96)103-81-84(105-88(93)75-71-67-63-59-55-51-46-36-32-28-24-20-16-12-8-4)79-99-86(91)73-69-65-61-57-53-49-45-35-31-27-23-19-15-11-7-3/h9-10,13-14,21-23,25-27,33-35,37-38,41-45,50,52,54,56,83-85,90H,5-8,11-12,15-20,24,28-32,36,39-40,46-49,51,53,55,57-82H2,1-4H3,(H,95,96)(H,97,98)/b13-9-,14-10-,25-21-,26-22-,27-23-,37-33-,38-34-,43-41-,44-42-,45-35-,54-50-,56-52-/t83-,84+,85+/m0/s1. The first kappa shape index (κ1) is 103. The van der Waals surface area contributed by atoms with Crippen LogP contribution in [0.2, 0.25) is 0 Å². The number of unbranched alkanes of at least 4 members (excludes halogenated alkanes) is 28. The largest absolute Gasteiger partial charge is 0.472 e. The lowest BCUT2D eigenvalue weighted by Crippen LogP contribution is -2.30. The Labute approximate surface area is 656 Å². The second-order valence-electron chi connectivity index (χ2n) is 27.7. The van der Waals surface area contributed by atoms with Gasteiger partial charge in [0.05, 0.1) is 26.4 Å². The Hall–Kier alpha value is -5.06. The van der Waals surface area contributed by atoms with Crippen LogP contribution in [-0.2, 0) is 65.4 Å². The monoisotopic (exact) mass is 1550 g/mol. The fraction of sp³-hybridized carbons (Fsp3) is 0.685. The fourth-order valence-corrected chi connectivity index (χ4v) is 12.5. The Balaban J connectivity index is 5.46. The van der Waals surface area contributed by atoms with Crippen molar-refractivity contribution < 1.29 is 80.2 Å². The van der Waals surface area contributed by atoms with Crippen molar-refractivity contribution >= 4 is 39.5 Å². The van der Waals surface area contributed by atoms with Gasteiger partial charge in [-0.25, -0.2) is 9.13 Å². The number of hydrogen-bond donors (Lipinski definition) is 3. The van der Waals surface area contributed by atoms with Gasteiger partial charge in [-0.2, -0.15) is 0 Å². The number of aliphatic hydroxyl groups is 1. The van der Waals surface area contributed by atoms with E-state index in [9.17, 15) is 43.2 Å². The van der Waals surface area contributed by atoms with Crippen molar-refractivity contribution in [2.45, 2.75) is 354 Å². The van der Waals surface area contributed by atoms with Gasteiger partial charge < -0.3 is 33.8 Å². The van der Waals surface area contributed by atoms with Crippen molar-refractivity contribution in [3.8, 4) is 0 Å². The number of allylic oxidation sites excluding steroid dienone is 24. The molecule has 0 fully saturated rings. The third-order valence-electron chi connectivity index (χ3n) is 17.3. The smallest absolute Gasteiger partial charge is 0.462 e. The molecule has 5 atom stereocenters. The molecule has 0 saturated heterocycles. The minimum Gasteiger partial charge on any atom is -0.462 e. The van der Waals surface area contributed by atoms with Crippen molar-refractivity contribution in [3.05, 3.63) is 146 Å². The highest BCUT2D eigenvalue weighted by Crippen LogP contribution is 2.45. The van der Waals surface area contributed by atoms with Crippen molar-refractivity contribution in [1.82, 2.24) is 0 Å². The van der Waals surface area contributed by atoms with Crippen LogP contribution in [0, 0.1) is 0 Å². The molecule has 108 heavy (non-hydrogen) atoms. The molecule has 0 aliphatic carbocycles. The van der Waals surface area contributed by atoms with Gasteiger partial charge in [0.15, 0.2) is 12.2 Å². The van der Waals surface area contributed by atoms with Crippen LogP contribution in [0.15, 0.2) is 146 Å². The summed E-state index contributed by atoms with van der Waals surface area (Å²) in [7, 11) is -9.99. The number of carbonyl (C=O) groups is 4. The summed E-state index contributed by atoms with van der Waals surface area (Å²) >= 11 is 0. The zero-order chi connectivity index (χ0) is 78.9. The molecule has 0 aromatic carbocycles. The molecule has 618 valence electrons. The van der Waals surface area contributed by atoms with Gasteiger partial charge >= 0.3 is 39.5 Å². The van der Waals surface area contributed by atoms with Gasteiger partial charge in [-0.3, -0.25) is 37.3 Å². The Bertz CT molecular complexity index is 2610. The molecule has 0 aliphatic heterocycles. The van der Waals surface area contributed by atoms with Crippen LogP contribution in [0.4, 0.5) is 0 Å². The molecule has 0 aliphatic rings. The summed E-state index contributed by atoms with van der Waals surface area (Å²) in [5.41, 5.74) is 0. The lowest BCUT2D eigenvalue weighted by Gasteiger charge is -2.21. The number of carbonyl (C=O) groups excluding carboxylic acids is 4. The number of phosphoric acid groups is 2. The van der Waals surface area contributed by atoms with Gasteiger partial charge in [-0.05, 0) is 148 Å². The van der Waals surface area contributed by atoms with Crippen molar-refractivity contribution in [1.29, 1.82) is 0 Å². The van der Waals surface area contributed by atoms with Crippen molar-refractivity contribution in [2.24, 2.45) is 0 Å². The molecule has 0 radical (unpaired) electrons.